The van der Waals surface area contributed by atoms with Crippen molar-refractivity contribution < 1.29 is 11.0 Å². The number of carbonyl (C=O) groups excluding carboxylic acids is 2. The SMILES string of the molecule is C=CC(=O)N1CCC(c2cc(-c3ccc(C(=O)Nc4cc(C5CC5)ccn4)cc3)cc3cncnc23)C1.[HH]. The Bertz CT molecular complexity index is 1520. The van der Waals surface area contributed by atoms with Gasteiger partial charge in [-0.25, -0.2) is 15.0 Å². The normalized spacial score (nSPS) is 17.1. The molecule has 1 saturated heterocycles. The van der Waals surface area contributed by atoms with Gasteiger partial charge >= 0.3 is 0 Å². The molecule has 1 saturated carbocycles. The second kappa shape index (κ2) is 9.58. The van der Waals surface area contributed by atoms with Crippen molar-refractivity contribution in [3.8, 4) is 11.1 Å². The van der Waals surface area contributed by atoms with Crippen LogP contribution < -0.4 is 5.32 Å². The molecule has 2 amide bonds. The van der Waals surface area contributed by atoms with E-state index in [1.165, 1.54) is 24.5 Å². The number of nitrogens with zero attached hydrogens (tertiary/aromatic N) is 4. The van der Waals surface area contributed by atoms with Gasteiger partial charge in [0.2, 0.25) is 5.91 Å². The molecule has 6 rings (SSSR count). The Morgan fingerprint density at radius 3 is 2.62 bits per heavy atom. The molecule has 2 aromatic heterocycles. The molecule has 1 N–H and O–H groups in total. The first kappa shape index (κ1) is 23.0. The molecule has 0 radical (unpaired) electrons. The molecule has 0 bridgehead atoms. The molecule has 2 fully saturated rings. The van der Waals surface area contributed by atoms with E-state index < -0.39 is 0 Å². The second-order valence-corrected chi connectivity index (χ2v) is 9.78. The fraction of sp³-hybridized carbons (Fsp3) is 0.233. The number of amides is 2. The van der Waals surface area contributed by atoms with Crippen molar-refractivity contribution in [2.75, 3.05) is 18.4 Å². The molecule has 186 valence electrons. The second-order valence-electron chi connectivity index (χ2n) is 9.78. The molecule has 2 aromatic carbocycles. The maximum atomic E-state index is 12.9. The van der Waals surface area contributed by atoms with Crippen molar-refractivity contribution >= 4 is 28.5 Å². The van der Waals surface area contributed by atoms with E-state index in [4.69, 9.17) is 0 Å². The Kier molecular flexibility index (Phi) is 5.96. The summed E-state index contributed by atoms with van der Waals surface area (Å²) in [5.74, 6) is 1.15. The lowest BCUT2D eigenvalue weighted by Gasteiger charge is -2.17. The van der Waals surface area contributed by atoms with E-state index in [-0.39, 0.29) is 19.2 Å². The van der Waals surface area contributed by atoms with Crippen LogP contribution in [-0.4, -0.2) is 44.8 Å². The molecule has 2 aliphatic rings. The van der Waals surface area contributed by atoms with Crippen LogP contribution in [0.5, 0.6) is 0 Å². The van der Waals surface area contributed by atoms with Crippen LogP contribution in [0.2, 0.25) is 0 Å². The lowest BCUT2D eigenvalue weighted by atomic mass is 9.91. The van der Waals surface area contributed by atoms with Crippen LogP contribution in [0.4, 0.5) is 5.82 Å². The summed E-state index contributed by atoms with van der Waals surface area (Å²) in [5.41, 5.74) is 5.84. The van der Waals surface area contributed by atoms with Gasteiger partial charge in [0.15, 0.2) is 0 Å². The number of fused-ring (bicyclic) bond motifs is 1. The number of rotatable bonds is 6. The number of hydrogen-bond donors (Lipinski definition) is 1. The Hall–Kier alpha value is -4.39. The summed E-state index contributed by atoms with van der Waals surface area (Å²) in [6.45, 7) is 4.96. The number of hydrogen-bond acceptors (Lipinski definition) is 5. The van der Waals surface area contributed by atoms with Gasteiger partial charge in [-0.15, -0.1) is 0 Å². The molecule has 1 atom stereocenters. The van der Waals surface area contributed by atoms with E-state index in [1.807, 2.05) is 47.5 Å². The molecule has 7 nitrogen and oxygen atoms in total. The number of anilines is 1. The van der Waals surface area contributed by atoms with Gasteiger partial charge in [0.25, 0.3) is 5.91 Å². The number of nitrogens with one attached hydrogen (secondary N) is 1. The zero-order valence-electron chi connectivity index (χ0n) is 20.4. The van der Waals surface area contributed by atoms with Gasteiger partial charge in [-0.3, -0.25) is 9.59 Å². The Labute approximate surface area is 216 Å². The van der Waals surface area contributed by atoms with E-state index in [2.05, 4.69) is 39.0 Å². The zero-order valence-corrected chi connectivity index (χ0v) is 20.4. The minimum absolute atomic E-state index is 0. The van der Waals surface area contributed by atoms with Crippen molar-refractivity contribution in [2.24, 2.45) is 0 Å². The Morgan fingerprint density at radius 2 is 1.84 bits per heavy atom. The summed E-state index contributed by atoms with van der Waals surface area (Å²) in [5, 5.41) is 3.87. The highest BCUT2D eigenvalue weighted by molar-refractivity contribution is 6.04. The van der Waals surface area contributed by atoms with Gasteiger partial charge in [-0.1, -0.05) is 18.7 Å². The van der Waals surface area contributed by atoms with Crippen LogP contribution in [0, 0.1) is 0 Å². The van der Waals surface area contributed by atoms with Crippen LogP contribution in [0.1, 0.15) is 54.0 Å². The highest BCUT2D eigenvalue weighted by atomic mass is 16.2. The van der Waals surface area contributed by atoms with Crippen molar-refractivity contribution in [1.82, 2.24) is 19.9 Å². The third-order valence-corrected chi connectivity index (χ3v) is 7.31. The van der Waals surface area contributed by atoms with Gasteiger partial charge in [0.05, 0.1) is 5.52 Å². The lowest BCUT2D eigenvalue weighted by molar-refractivity contribution is -0.125. The van der Waals surface area contributed by atoms with Gasteiger partial charge in [0.1, 0.15) is 12.1 Å². The predicted octanol–water partition coefficient (Wildman–Crippen LogP) is 5.57. The molecule has 1 aliphatic carbocycles. The van der Waals surface area contributed by atoms with E-state index in [0.29, 0.717) is 30.4 Å². The summed E-state index contributed by atoms with van der Waals surface area (Å²) < 4.78 is 0. The summed E-state index contributed by atoms with van der Waals surface area (Å²) in [6.07, 6.45) is 9.79. The first-order chi connectivity index (χ1) is 18.1. The summed E-state index contributed by atoms with van der Waals surface area (Å²) in [7, 11) is 0. The summed E-state index contributed by atoms with van der Waals surface area (Å²) in [6, 6.07) is 15.8. The topological polar surface area (TPSA) is 88.1 Å². The van der Waals surface area contributed by atoms with Crippen LogP contribution in [0.15, 0.2) is 79.9 Å². The molecular weight excluding hydrogens is 462 g/mol. The first-order valence-electron chi connectivity index (χ1n) is 12.6. The molecule has 37 heavy (non-hydrogen) atoms. The number of pyridine rings is 1. The molecule has 1 aliphatic heterocycles. The third kappa shape index (κ3) is 4.72. The smallest absolute Gasteiger partial charge is 0.256 e. The van der Waals surface area contributed by atoms with Gasteiger partial charge in [-0.2, -0.15) is 0 Å². The molecular formula is C30H29N5O2. The van der Waals surface area contributed by atoms with Crippen LogP contribution in [-0.2, 0) is 4.79 Å². The summed E-state index contributed by atoms with van der Waals surface area (Å²) >= 11 is 0. The van der Waals surface area contributed by atoms with Crippen molar-refractivity contribution in [3.05, 3.63) is 96.6 Å². The van der Waals surface area contributed by atoms with E-state index in [0.717, 1.165) is 34.0 Å². The fourth-order valence-electron chi connectivity index (χ4n) is 5.14. The largest absolute Gasteiger partial charge is 0.339 e. The molecule has 4 aromatic rings. The average Bonchev–Trinajstić information content (AvgIpc) is 3.68. The standard InChI is InChI=1S/C30H27N5O2.H2/c1-2-28(36)35-12-10-23(17-35)26-14-24(13-25-16-31-18-33-29(25)26)20-5-7-21(8-6-20)30(37)34-27-15-22(9-11-32-27)19-3-4-19;/h2,5-9,11,13-16,18-19,23H,1,3-4,10,12,17H2,(H,32,34,37);1H. The minimum Gasteiger partial charge on any atom is -0.339 e. The predicted molar refractivity (Wildman–Crippen MR) is 145 cm³/mol. The minimum atomic E-state index is -0.183. The molecule has 0 spiro atoms. The molecule has 7 heteroatoms. The Morgan fingerprint density at radius 1 is 1.00 bits per heavy atom. The maximum absolute atomic E-state index is 12.9. The van der Waals surface area contributed by atoms with E-state index in [1.54, 1.807) is 12.5 Å². The zero-order chi connectivity index (χ0) is 25.4. The van der Waals surface area contributed by atoms with E-state index >= 15 is 0 Å². The number of benzene rings is 2. The van der Waals surface area contributed by atoms with Crippen molar-refractivity contribution in [3.63, 3.8) is 0 Å². The number of likely N-dealkylation sites (tertiary alicyclic amines) is 1. The van der Waals surface area contributed by atoms with Crippen LogP contribution in [0.25, 0.3) is 22.0 Å². The summed E-state index contributed by atoms with van der Waals surface area (Å²) in [4.78, 5) is 39.9. The lowest BCUT2D eigenvalue weighted by Crippen LogP contribution is -2.26. The third-order valence-electron chi connectivity index (χ3n) is 7.31. The fourth-order valence-corrected chi connectivity index (χ4v) is 5.14. The number of carbonyl (C=O) groups is 2. The maximum Gasteiger partial charge on any atom is 0.256 e. The van der Waals surface area contributed by atoms with Crippen molar-refractivity contribution in [2.45, 2.75) is 31.1 Å². The quantitative estimate of drug-likeness (QED) is 0.356. The first-order valence-corrected chi connectivity index (χ1v) is 12.6. The average molecular weight is 492 g/mol. The van der Waals surface area contributed by atoms with Gasteiger partial charge < -0.3 is 10.2 Å². The van der Waals surface area contributed by atoms with Crippen LogP contribution >= 0.6 is 0 Å². The van der Waals surface area contributed by atoms with Gasteiger partial charge in [-0.05, 0) is 89.9 Å². The monoisotopic (exact) mass is 491 g/mol. The highest BCUT2D eigenvalue weighted by Gasteiger charge is 2.28. The number of aromatic nitrogens is 3. The molecule has 3 heterocycles. The highest BCUT2D eigenvalue weighted by Crippen LogP contribution is 2.40. The van der Waals surface area contributed by atoms with Gasteiger partial charge in [0, 0.05) is 43.8 Å². The van der Waals surface area contributed by atoms with Crippen molar-refractivity contribution in [1.29, 1.82) is 0 Å². The Balaban J connectivity index is 0.00000294. The van der Waals surface area contributed by atoms with Crippen LogP contribution in [0.3, 0.4) is 0 Å². The molecule has 1 unspecified atom stereocenters. The van der Waals surface area contributed by atoms with E-state index in [9.17, 15) is 9.59 Å².